The molecule has 3 aliphatic carbocycles. The summed E-state index contributed by atoms with van der Waals surface area (Å²) in [5.41, 5.74) is 0. The van der Waals surface area contributed by atoms with Gasteiger partial charge in [0.25, 0.3) is 0 Å². The molecule has 0 N–H and O–H groups in total. The molecule has 0 aromatic carbocycles. The molecule has 3 fully saturated rings. The molecular weight excluding hydrogens is 396 g/mol. The van der Waals surface area contributed by atoms with Crippen molar-refractivity contribution in [2.24, 2.45) is 29.6 Å². The van der Waals surface area contributed by atoms with E-state index in [1.54, 1.807) is 77.0 Å². The molecule has 3 rings (SSSR count). The third-order valence-corrected chi connectivity index (χ3v) is 10.3. The van der Waals surface area contributed by atoms with Crippen LogP contribution in [0.25, 0.3) is 0 Å². The highest BCUT2D eigenvalue weighted by molar-refractivity contribution is 4.76. The molecule has 0 aromatic rings. The van der Waals surface area contributed by atoms with Crippen LogP contribution in [0.4, 0.5) is 0 Å². The van der Waals surface area contributed by atoms with E-state index in [0.29, 0.717) is 0 Å². The van der Waals surface area contributed by atoms with Crippen molar-refractivity contribution in [3.8, 4) is 0 Å². The maximum atomic E-state index is 2.50. The second-order valence-corrected chi connectivity index (χ2v) is 13.1. The SMILES string of the molecule is CC1CCCCCC(CCC2CCCCC(C3CCCCCCCCC3)CCC2)CCCC1. The van der Waals surface area contributed by atoms with Gasteiger partial charge in [-0.15, -0.1) is 0 Å². The lowest BCUT2D eigenvalue weighted by molar-refractivity contribution is 0.237. The lowest BCUT2D eigenvalue weighted by atomic mass is 9.78. The van der Waals surface area contributed by atoms with Crippen LogP contribution in [-0.4, -0.2) is 0 Å². The molecule has 0 bridgehead atoms. The number of rotatable bonds is 4. The van der Waals surface area contributed by atoms with Crippen molar-refractivity contribution < 1.29 is 0 Å². The van der Waals surface area contributed by atoms with E-state index in [0.717, 1.165) is 29.6 Å². The topological polar surface area (TPSA) is 0 Å². The average molecular weight is 459 g/mol. The van der Waals surface area contributed by atoms with E-state index in [1.807, 2.05) is 0 Å². The number of hydrogen-bond donors (Lipinski definition) is 0. The predicted molar refractivity (Wildman–Crippen MR) is 148 cm³/mol. The van der Waals surface area contributed by atoms with Crippen LogP contribution in [0.2, 0.25) is 0 Å². The van der Waals surface area contributed by atoms with Gasteiger partial charge in [-0.25, -0.2) is 0 Å². The van der Waals surface area contributed by atoms with Crippen LogP contribution in [0.3, 0.4) is 0 Å². The van der Waals surface area contributed by atoms with E-state index < -0.39 is 0 Å². The van der Waals surface area contributed by atoms with E-state index in [4.69, 9.17) is 0 Å². The van der Waals surface area contributed by atoms with Crippen LogP contribution in [0, 0.1) is 29.6 Å². The highest BCUT2D eigenvalue weighted by Gasteiger charge is 2.23. The van der Waals surface area contributed by atoms with Gasteiger partial charge in [0.05, 0.1) is 0 Å². The van der Waals surface area contributed by atoms with Gasteiger partial charge in [0.1, 0.15) is 0 Å². The van der Waals surface area contributed by atoms with Gasteiger partial charge < -0.3 is 0 Å². The van der Waals surface area contributed by atoms with Gasteiger partial charge in [0, 0.05) is 0 Å². The van der Waals surface area contributed by atoms with Crippen LogP contribution in [0.15, 0.2) is 0 Å². The van der Waals surface area contributed by atoms with Gasteiger partial charge in [0.2, 0.25) is 0 Å². The summed E-state index contributed by atoms with van der Waals surface area (Å²) < 4.78 is 0. The van der Waals surface area contributed by atoms with Gasteiger partial charge in [-0.3, -0.25) is 0 Å². The summed E-state index contributed by atoms with van der Waals surface area (Å²) in [6.07, 6.45) is 41.4. The summed E-state index contributed by atoms with van der Waals surface area (Å²) in [7, 11) is 0. The molecule has 0 saturated heterocycles. The Morgan fingerprint density at radius 3 is 1.21 bits per heavy atom. The van der Waals surface area contributed by atoms with Crippen molar-refractivity contribution in [3.63, 3.8) is 0 Å². The zero-order valence-electron chi connectivity index (χ0n) is 23.0. The van der Waals surface area contributed by atoms with Gasteiger partial charge in [-0.2, -0.15) is 0 Å². The summed E-state index contributed by atoms with van der Waals surface area (Å²) in [6.45, 7) is 2.50. The zero-order chi connectivity index (χ0) is 23.0. The molecule has 3 aliphatic rings. The van der Waals surface area contributed by atoms with Gasteiger partial charge >= 0.3 is 0 Å². The molecule has 33 heavy (non-hydrogen) atoms. The number of hydrogen-bond acceptors (Lipinski definition) is 0. The summed E-state index contributed by atoms with van der Waals surface area (Å²) in [5, 5.41) is 0. The van der Waals surface area contributed by atoms with Crippen LogP contribution in [0.1, 0.15) is 180 Å². The molecule has 0 radical (unpaired) electrons. The molecule has 4 unspecified atom stereocenters. The van der Waals surface area contributed by atoms with E-state index in [-0.39, 0.29) is 0 Å². The molecule has 0 aromatic heterocycles. The van der Waals surface area contributed by atoms with E-state index in [2.05, 4.69) is 6.92 Å². The van der Waals surface area contributed by atoms with E-state index in [9.17, 15) is 0 Å². The monoisotopic (exact) mass is 458 g/mol. The van der Waals surface area contributed by atoms with Crippen LogP contribution >= 0.6 is 0 Å². The first-order chi connectivity index (χ1) is 16.3. The molecule has 194 valence electrons. The minimum atomic E-state index is 0.987. The first kappa shape index (κ1) is 27.6. The second kappa shape index (κ2) is 17.4. The maximum Gasteiger partial charge on any atom is -0.0386 e. The van der Waals surface area contributed by atoms with Gasteiger partial charge in [-0.05, 0) is 29.6 Å². The summed E-state index contributed by atoms with van der Waals surface area (Å²) in [5.74, 6) is 5.26. The Hall–Kier alpha value is 0. The highest BCUT2D eigenvalue weighted by Crippen LogP contribution is 2.37. The van der Waals surface area contributed by atoms with Crippen LogP contribution in [-0.2, 0) is 0 Å². The molecular formula is C33H62. The Labute approximate surface area is 209 Å². The van der Waals surface area contributed by atoms with Crippen molar-refractivity contribution in [3.05, 3.63) is 0 Å². The largest absolute Gasteiger partial charge is 0.0625 e. The molecule has 0 spiro atoms. The molecule has 0 amide bonds. The maximum absolute atomic E-state index is 2.50. The molecule has 0 nitrogen and oxygen atoms in total. The summed E-state index contributed by atoms with van der Waals surface area (Å²) in [4.78, 5) is 0. The average Bonchev–Trinajstić information content (AvgIpc) is 2.91. The van der Waals surface area contributed by atoms with Crippen LogP contribution in [0.5, 0.6) is 0 Å². The quantitative estimate of drug-likeness (QED) is 0.393. The summed E-state index contributed by atoms with van der Waals surface area (Å²) >= 11 is 0. The standard InChI is InChI=1S/C33H62/c1-29-17-8-7-9-19-30(20-13-12-18-29)27-28-31-21-14-15-25-33(26-16-22-31)32-23-10-5-3-2-4-6-11-24-32/h29-33H,2-28H2,1H3. The van der Waals surface area contributed by atoms with E-state index in [1.165, 1.54) is 96.3 Å². The van der Waals surface area contributed by atoms with Crippen molar-refractivity contribution in [2.45, 2.75) is 180 Å². The Kier molecular flexibility index (Phi) is 14.6. The minimum absolute atomic E-state index is 0.987. The van der Waals surface area contributed by atoms with Crippen molar-refractivity contribution in [1.29, 1.82) is 0 Å². The Morgan fingerprint density at radius 1 is 0.333 bits per heavy atom. The fourth-order valence-electron chi connectivity index (χ4n) is 7.95. The zero-order valence-corrected chi connectivity index (χ0v) is 23.0. The third-order valence-electron chi connectivity index (χ3n) is 10.3. The van der Waals surface area contributed by atoms with Crippen molar-refractivity contribution in [1.82, 2.24) is 0 Å². The highest BCUT2D eigenvalue weighted by atomic mass is 14.3. The Bertz CT molecular complexity index is 443. The second-order valence-electron chi connectivity index (χ2n) is 13.1. The van der Waals surface area contributed by atoms with Gasteiger partial charge in [0.15, 0.2) is 0 Å². The summed E-state index contributed by atoms with van der Waals surface area (Å²) in [6, 6.07) is 0. The van der Waals surface area contributed by atoms with E-state index >= 15 is 0 Å². The molecule has 3 saturated carbocycles. The van der Waals surface area contributed by atoms with Crippen molar-refractivity contribution >= 4 is 0 Å². The van der Waals surface area contributed by atoms with Gasteiger partial charge in [-0.1, -0.05) is 180 Å². The third kappa shape index (κ3) is 12.0. The normalized spacial score (nSPS) is 33.7. The lowest BCUT2D eigenvalue weighted by Gasteiger charge is -2.28. The fraction of sp³-hybridized carbons (Fsp3) is 1.00. The molecule has 0 heterocycles. The Balaban J connectivity index is 1.40. The molecule has 0 heteroatoms. The van der Waals surface area contributed by atoms with Crippen molar-refractivity contribution in [2.75, 3.05) is 0 Å². The fourth-order valence-corrected chi connectivity index (χ4v) is 7.95. The lowest BCUT2D eigenvalue weighted by Crippen LogP contribution is -2.16. The predicted octanol–water partition coefficient (Wildman–Crippen LogP) is 11.7. The minimum Gasteiger partial charge on any atom is -0.0625 e. The smallest absolute Gasteiger partial charge is 0.0386 e. The molecule has 0 aliphatic heterocycles. The molecule has 4 atom stereocenters. The Morgan fingerprint density at radius 2 is 0.636 bits per heavy atom. The first-order valence-corrected chi connectivity index (χ1v) is 16.3. The van der Waals surface area contributed by atoms with Crippen LogP contribution < -0.4 is 0 Å². The first-order valence-electron chi connectivity index (χ1n) is 16.3.